The second-order valence-electron chi connectivity index (χ2n) is 4.91. The van der Waals surface area contributed by atoms with Gasteiger partial charge in [-0.05, 0) is 29.8 Å². The molecule has 7 nitrogen and oxygen atoms in total. The zero-order valence-electron chi connectivity index (χ0n) is 11.7. The van der Waals surface area contributed by atoms with Crippen molar-refractivity contribution in [3.8, 4) is 22.6 Å². The summed E-state index contributed by atoms with van der Waals surface area (Å²) in [6, 6.07) is 9.55. The van der Waals surface area contributed by atoms with Crippen molar-refractivity contribution in [2.45, 2.75) is 6.92 Å². The minimum atomic E-state index is -0.202. The van der Waals surface area contributed by atoms with E-state index in [0.29, 0.717) is 5.65 Å². The lowest BCUT2D eigenvalue weighted by atomic mass is 10.1. The predicted molar refractivity (Wildman–Crippen MR) is 78.8 cm³/mol. The molecule has 0 radical (unpaired) electrons. The number of ether oxygens (including phenoxy) is 2. The Labute approximate surface area is 125 Å². The molecule has 0 fully saturated rings. The van der Waals surface area contributed by atoms with Crippen LogP contribution >= 0.6 is 0 Å². The number of nitrogens with one attached hydrogen (secondary N) is 1. The van der Waals surface area contributed by atoms with Crippen LogP contribution in [-0.2, 0) is 4.79 Å². The number of hydrogen-bond donors (Lipinski definition) is 1. The molecule has 0 aliphatic carbocycles. The summed E-state index contributed by atoms with van der Waals surface area (Å²) in [7, 11) is 0. The van der Waals surface area contributed by atoms with E-state index in [1.54, 1.807) is 4.52 Å². The van der Waals surface area contributed by atoms with Gasteiger partial charge in [-0.25, -0.2) is 4.52 Å². The Morgan fingerprint density at radius 1 is 1.18 bits per heavy atom. The Morgan fingerprint density at radius 3 is 2.86 bits per heavy atom. The van der Waals surface area contributed by atoms with Crippen molar-refractivity contribution in [3.05, 3.63) is 36.5 Å². The highest BCUT2D eigenvalue weighted by Crippen LogP contribution is 2.35. The highest BCUT2D eigenvalue weighted by atomic mass is 16.7. The molecule has 1 N–H and O–H groups in total. The van der Waals surface area contributed by atoms with Crippen molar-refractivity contribution < 1.29 is 14.3 Å². The number of benzene rings is 1. The first-order valence-electron chi connectivity index (χ1n) is 6.73. The second-order valence-corrected chi connectivity index (χ2v) is 4.91. The first kappa shape index (κ1) is 12.6. The molecular formula is C15H12N4O3. The van der Waals surface area contributed by atoms with Gasteiger partial charge in [0.05, 0.1) is 0 Å². The monoisotopic (exact) mass is 296 g/mol. The number of amides is 1. The van der Waals surface area contributed by atoms with E-state index in [2.05, 4.69) is 15.4 Å². The molecule has 1 amide bonds. The van der Waals surface area contributed by atoms with Gasteiger partial charge in [0.2, 0.25) is 18.6 Å². The average Bonchev–Trinajstić information content (AvgIpc) is 3.10. The van der Waals surface area contributed by atoms with Crippen LogP contribution in [0, 0.1) is 0 Å². The van der Waals surface area contributed by atoms with Gasteiger partial charge >= 0.3 is 0 Å². The molecule has 0 atom stereocenters. The Bertz CT molecular complexity index is 888. The van der Waals surface area contributed by atoms with Crippen LogP contribution in [0.2, 0.25) is 0 Å². The SMILES string of the molecule is CC(=O)Nc1nc2ccc(-c3ccc4c(c3)OCO4)cn2n1. The molecular weight excluding hydrogens is 284 g/mol. The van der Waals surface area contributed by atoms with Gasteiger partial charge in [0.25, 0.3) is 0 Å². The number of carbonyl (C=O) groups is 1. The van der Waals surface area contributed by atoms with E-state index < -0.39 is 0 Å². The van der Waals surface area contributed by atoms with Crippen LogP contribution in [0.4, 0.5) is 5.95 Å². The highest BCUT2D eigenvalue weighted by Gasteiger charge is 2.14. The van der Waals surface area contributed by atoms with E-state index in [-0.39, 0.29) is 18.6 Å². The van der Waals surface area contributed by atoms with E-state index in [4.69, 9.17) is 9.47 Å². The van der Waals surface area contributed by atoms with E-state index in [1.807, 2.05) is 36.5 Å². The zero-order valence-corrected chi connectivity index (χ0v) is 11.7. The largest absolute Gasteiger partial charge is 0.454 e. The molecule has 110 valence electrons. The minimum absolute atomic E-state index is 0.202. The lowest BCUT2D eigenvalue weighted by Gasteiger charge is -2.03. The summed E-state index contributed by atoms with van der Waals surface area (Å²) in [5, 5.41) is 6.80. The van der Waals surface area contributed by atoms with Gasteiger partial charge in [-0.3, -0.25) is 10.1 Å². The summed E-state index contributed by atoms with van der Waals surface area (Å²) >= 11 is 0. The van der Waals surface area contributed by atoms with Crippen molar-refractivity contribution in [2.75, 3.05) is 12.1 Å². The third-order valence-corrected chi connectivity index (χ3v) is 3.32. The van der Waals surface area contributed by atoms with E-state index >= 15 is 0 Å². The number of aromatic nitrogens is 3. The van der Waals surface area contributed by atoms with Gasteiger partial charge in [-0.15, -0.1) is 5.10 Å². The van der Waals surface area contributed by atoms with Crippen molar-refractivity contribution in [1.29, 1.82) is 0 Å². The maximum Gasteiger partial charge on any atom is 0.249 e. The standard InChI is InChI=1S/C15H12N4O3/c1-9(20)16-15-17-14-5-3-11(7-19(14)18-15)10-2-4-12-13(6-10)22-8-21-12/h2-7H,8H2,1H3,(H,16,18,20). The zero-order chi connectivity index (χ0) is 15.1. The minimum Gasteiger partial charge on any atom is -0.454 e. The normalized spacial score (nSPS) is 12.6. The van der Waals surface area contributed by atoms with Crippen LogP contribution in [0.1, 0.15) is 6.92 Å². The summed E-state index contributed by atoms with van der Waals surface area (Å²) < 4.78 is 12.3. The van der Waals surface area contributed by atoms with Crippen molar-refractivity contribution >= 4 is 17.5 Å². The van der Waals surface area contributed by atoms with E-state index in [0.717, 1.165) is 22.6 Å². The first-order valence-corrected chi connectivity index (χ1v) is 6.73. The van der Waals surface area contributed by atoms with Gasteiger partial charge in [0.1, 0.15) is 0 Å². The molecule has 3 heterocycles. The Balaban J connectivity index is 1.74. The van der Waals surface area contributed by atoms with Crippen LogP contribution in [0.25, 0.3) is 16.8 Å². The fourth-order valence-corrected chi connectivity index (χ4v) is 2.34. The molecule has 1 aromatic carbocycles. The summed E-state index contributed by atoms with van der Waals surface area (Å²) in [5.74, 6) is 1.57. The molecule has 1 aliphatic rings. The Hall–Kier alpha value is -3.09. The van der Waals surface area contributed by atoms with Crippen LogP contribution < -0.4 is 14.8 Å². The van der Waals surface area contributed by atoms with Crippen molar-refractivity contribution in [1.82, 2.24) is 14.6 Å². The fraction of sp³-hybridized carbons (Fsp3) is 0.133. The van der Waals surface area contributed by atoms with Gasteiger partial charge in [0.15, 0.2) is 17.1 Å². The van der Waals surface area contributed by atoms with Gasteiger partial charge in [0, 0.05) is 18.7 Å². The number of anilines is 1. The van der Waals surface area contributed by atoms with Crippen LogP contribution in [-0.4, -0.2) is 27.3 Å². The van der Waals surface area contributed by atoms with Gasteiger partial charge in [-0.2, -0.15) is 4.98 Å². The lowest BCUT2D eigenvalue weighted by molar-refractivity contribution is -0.114. The lowest BCUT2D eigenvalue weighted by Crippen LogP contribution is -2.07. The predicted octanol–water partition coefficient (Wildman–Crippen LogP) is 2.08. The number of fused-ring (bicyclic) bond motifs is 2. The number of nitrogens with zero attached hydrogens (tertiary/aromatic N) is 3. The smallest absolute Gasteiger partial charge is 0.249 e. The molecule has 0 bridgehead atoms. The average molecular weight is 296 g/mol. The number of hydrogen-bond acceptors (Lipinski definition) is 5. The molecule has 4 rings (SSSR count). The molecule has 1 aliphatic heterocycles. The summed E-state index contributed by atoms with van der Waals surface area (Å²) in [4.78, 5) is 15.3. The van der Waals surface area contributed by atoms with E-state index in [9.17, 15) is 4.79 Å². The van der Waals surface area contributed by atoms with Gasteiger partial charge in [-0.1, -0.05) is 6.07 Å². The molecule has 0 spiro atoms. The fourth-order valence-electron chi connectivity index (χ4n) is 2.34. The summed E-state index contributed by atoms with van der Waals surface area (Å²) in [6.45, 7) is 1.67. The van der Waals surface area contributed by atoms with Crippen molar-refractivity contribution in [3.63, 3.8) is 0 Å². The van der Waals surface area contributed by atoms with Gasteiger partial charge < -0.3 is 9.47 Å². The molecule has 0 unspecified atom stereocenters. The maximum absolute atomic E-state index is 11.1. The van der Waals surface area contributed by atoms with Crippen molar-refractivity contribution in [2.24, 2.45) is 0 Å². The van der Waals surface area contributed by atoms with Crippen LogP contribution in [0.5, 0.6) is 11.5 Å². The third-order valence-electron chi connectivity index (χ3n) is 3.32. The highest BCUT2D eigenvalue weighted by molar-refractivity contribution is 5.86. The maximum atomic E-state index is 11.1. The number of pyridine rings is 1. The third kappa shape index (κ3) is 2.12. The second kappa shape index (κ2) is 4.73. The Morgan fingerprint density at radius 2 is 2.00 bits per heavy atom. The summed E-state index contributed by atoms with van der Waals surface area (Å²) in [5.41, 5.74) is 2.61. The molecule has 22 heavy (non-hydrogen) atoms. The molecule has 7 heteroatoms. The van der Waals surface area contributed by atoms with Crippen LogP contribution in [0.15, 0.2) is 36.5 Å². The molecule has 0 saturated heterocycles. The molecule has 2 aromatic heterocycles. The number of carbonyl (C=O) groups excluding carboxylic acids is 1. The topological polar surface area (TPSA) is 77.8 Å². The molecule has 0 saturated carbocycles. The van der Waals surface area contributed by atoms with E-state index in [1.165, 1.54) is 6.92 Å². The Kier molecular flexibility index (Phi) is 2.72. The number of rotatable bonds is 2. The first-order chi connectivity index (χ1) is 10.7. The molecule has 3 aromatic rings. The van der Waals surface area contributed by atoms with Crippen LogP contribution in [0.3, 0.4) is 0 Å². The summed E-state index contributed by atoms with van der Waals surface area (Å²) in [6.07, 6.45) is 1.85. The quantitative estimate of drug-likeness (QED) is 0.783.